The average Bonchev–Trinajstić information content (AvgIpc) is 2.53. The zero-order valence-electron chi connectivity index (χ0n) is 14.4. The van der Waals surface area contributed by atoms with Gasteiger partial charge < -0.3 is 0 Å². The van der Waals surface area contributed by atoms with E-state index in [9.17, 15) is 0 Å². The SMILES string of the molecule is CC[P+](CC)(CC)c1ccc([P+](CC)(CC)CC)cc1. The quantitative estimate of drug-likeness (QED) is 0.586. The lowest BCUT2D eigenvalue weighted by Gasteiger charge is -2.26. The molecule has 0 aliphatic carbocycles. The van der Waals surface area contributed by atoms with Gasteiger partial charge in [0.05, 0.1) is 47.6 Å². The maximum Gasteiger partial charge on any atom is 0.0942 e. The van der Waals surface area contributed by atoms with Crippen LogP contribution >= 0.6 is 14.5 Å². The molecule has 0 nitrogen and oxygen atoms in total. The second-order valence-corrected chi connectivity index (χ2v) is 15.1. The molecule has 0 saturated carbocycles. The molecule has 1 aromatic rings. The Labute approximate surface area is 128 Å². The van der Waals surface area contributed by atoms with Crippen LogP contribution in [-0.2, 0) is 0 Å². The molecule has 0 aliphatic heterocycles. The highest BCUT2D eigenvalue weighted by Crippen LogP contribution is 2.58. The fourth-order valence-corrected chi connectivity index (χ4v) is 9.96. The van der Waals surface area contributed by atoms with Crippen LogP contribution in [0.3, 0.4) is 0 Å². The van der Waals surface area contributed by atoms with Crippen molar-refractivity contribution in [1.82, 2.24) is 0 Å². The van der Waals surface area contributed by atoms with Gasteiger partial charge in [0.1, 0.15) is 0 Å². The van der Waals surface area contributed by atoms with Gasteiger partial charge in [0.15, 0.2) is 0 Å². The highest BCUT2D eigenvalue weighted by atomic mass is 31.2. The van der Waals surface area contributed by atoms with Crippen LogP contribution < -0.4 is 10.6 Å². The third kappa shape index (κ3) is 3.28. The van der Waals surface area contributed by atoms with E-state index in [1.807, 2.05) is 0 Å². The minimum absolute atomic E-state index is 0.876. The molecule has 0 bridgehead atoms. The predicted molar refractivity (Wildman–Crippen MR) is 103 cm³/mol. The molecular weight excluding hydrogens is 278 g/mol. The third-order valence-electron chi connectivity index (χ3n) is 5.58. The van der Waals surface area contributed by atoms with Gasteiger partial charge in [0, 0.05) is 14.5 Å². The summed E-state index contributed by atoms with van der Waals surface area (Å²) in [4.78, 5) is 0. The van der Waals surface area contributed by atoms with Crippen LogP contribution in [0.15, 0.2) is 24.3 Å². The van der Waals surface area contributed by atoms with Crippen molar-refractivity contribution >= 4 is 25.1 Å². The standard InChI is InChI=1S/C18H34P2/c1-7-19(8-2,9-3)17-13-15-18(16-14-17)20(10-4,11-5)12-6/h13-16H,7-12H2,1-6H3/q+2. The Hall–Kier alpha value is 0.0800. The zero-order chi connectivity index (χ0) is 15.2. The molecule has 0 atom stereocenters. The van der Waals surface area contributed by atoms with E-state index < -0.39 is 14.5 Å². The molecule has 0 heterocycles. The van der Waals surface area contributed by atoms with Gasteiger partial charge in [-0.15, -0.1) is 0 Å². The molecule has 0 N–H and O–H groups in total. The maximum atomic E-state index is 2.48. The van der Waals surface area contributed by atoms with Crippen LogP contribution in [0.5, 0.6) is 0 Å². The van der Waals surface area contributed by atoms with E-state index in [-0.39, 0.29) is 0 Å². The molecule has 114 valence electrons. The van der Waals surface area contributed by atoms with Crippen molar-refractivity contribution in [3.05, 3.63) is 24.3 Å². The van der Waals surface area contributed by atoms with E-state index >= 15 is 0 Å². The summed E-state index contributed by atoms with van der Waals surface area (Å²) >= 11 is 0. The highest BCUT2D eigenvalue weighted by Gasteiger charge is 2.37. The Morgan fingerprint density at radius 2 is 0.700 bits per heavy atom. The van der Waals surface area contributed by atoms with Crippen molar-refractivity contribution in [2.75, 3.05) is 37.0 Å². The number of benzene rings is 1. The molecule has 0 amide bonds. The van der Waals surface area contributed by atoms with E-state index in [1.165, 1.54) is 37.0 Å². The van der Waals surface area contributed by atoms with E-state index in [0.717, 1.165) is 0 Å². The van der Waals surface area contributed by atoms with Crippen molar-refractivity contribution < 1.29 is 0 Å². The van der Waals surface area contributed by atoms with Crippen molar-refractivity contribution in [2.45, 2.75) is 41.5 Å². The lowest BCUT2D eigenvalue weighted by atomic mass is 10.4. The van der Waals surface area contributed by atoms with Crippen molar-refractivity contribution in [1.29, 1.82) is 0 Å². The minimum Gasteiger partial charge on any atom is -0.0307 e. The lowest BCUT2D eigenvalue weighted by molar-refractivity contribution is 1.31. The van der Waals surface area contributed by atoms with E-state index in [1.54, 1.807) is 10.6 Å². The van der Waals surface area contributed by atoms with Crippen molar-refractivity contribution in [3.63, 3.8) is 0 Å². The molecular formula is C18H34P2+2. The topological polar surface area (TPSA) is 0 Å². The van der Waals surface area contributed by atoms with Crippen LogP contribution in [0.1, 0.15) is 41.5 Å². The first-order valence-corrected chi connectivity index (χ1v) is 13.1. The van der Waals surface area contributed by atoms with Crippen LogP contribution in [0.25, 0.3) is 0 Å². The second-order valence-electron chi connectivity index (χ2n) is 5.70. The van der Waals surface area contributed by atoms with E-state index in [2.05, 4.69) is 65.8 Å². The summed E-state index contributed by atoms with van der Waals surface area (Å²) in [5, 5.41) is 3.32. The van der Waals surface area contributed by atoms with Gasteiger partial charge in [-0.3, -0.25) is 0 Å². The second kappa shape index (κ2) is 7.91. The summed E-state index contributed by atoms with van der Waals surface area (Å²) in [7, 11) is -1.75. The molecule has 1 rings (SSSR count). The maximum absolute atomic E-state index is 2.48. The third-order valence-corrected chi connectivity index (χ3v) is 15.6. The van der Waals surface area contributed by atoms with Crippen molar-refractivity contribution in [3.8, 4) is 0 Å². The number of rotatable bonds is 8. The largest absolute Gasteiger partial charge is 0.0942 e. The molecule has 0 radical (unpaired) electrons. The Kier molecular flexibility index (Phi) is 7.17. The van der Waals surface area contributed by atoms with Crippen LogP contribution in [0.4, 0.5) is 0 Å². The molecule has 20 heavy (non-hydrogen) atoms. The van der Waals surface area contributed by atoms with E-state index in [0.29, 0.717) is 0 Å². The molecule has 0 spiro atoms. The molecule has 1 aromatic carbocycles. The summed E-state index contributed by atoms with van der Waals surface area (Å²) in [6.07, 6.45) is 8.14. The van der Waals surface area contributed by atoms with Crippen LogP contribution in [0.2, 0.25) is 0 Å². The monoisotopic (exact) mass is 312 g/mol. The first kappa shape index (κ1) is 18.1. The summed E-state index contributed by atoms with van der Waals surface area (Å²) < 4.78 is 0. The Bertz CT molecular complexity index is 331. The smallest absolute Gasteiger partial charge is 0.0307 e. The summed E-state index contributed by atoms with van der Waals surface area (Å²) in [5.41, 5.74) is 0. The summed E-state index contributed by atoms with van der Waals surface area (Å²) in [6.45, 7) is 14.3. The molecule has 0 aliphatic rings. The van der Waals surface area contributed by atoms with Crippen LogP contribution in [0, 0.1) is 0 Å². The normalized spacial score (nSPS) is 12.7. The number of hydrogen-bond donors (Lipinski definition) is 0. The summed E-state index contributed by atoms with van der Waals surface area (Å²) in [5.74, 6) is 0. The molecule has 0 fully saturated rings. The fourth-order valence-electron chi connectivity index (χ4n) is 3.52. The van der Waals surface area contributed by atoms with E-state index in [4.69, 9.17) is 0 Å². The Morgan fingerprint density at radius 3 is 0.850 bits per heavy atom. The van der Waals surface area contributed by atoms with Crippen LogP contribution in [-0.4, -0.2) is 37.0 Å². The molecule has 0 saturated heterocycles. The van der Waals surface area contributed by atoms with Gasteiger partial charge in [-0.05, 0) is 65.8 Å². The lowest BCUT2D eigenvalue weighted by Crippen LogP contribution is -2.22. The minimum atomic E-state index is -0.876. The van der Waals surface area contributed by atoms with Gasteiger partial charge in [0.25, 0.3) is 0 Å². The molecule has 0 unspecified atom stereocenters. The molecule has 2 heteroatoms. The molecule has 0 aromatic heterocycles. The van der Waals surface area contributed by atoms with Gasteiger partial charge in [-0.2, -0.15) is 0 Å². The summed E-state index contributed by atoms with van der Waals surface area (Å²) in [6, 6.07) is 9.93. The average molecular weight is 312 g/mol. The van der Waals surface area contributed by atoms with Gasteiger partial charge in [-0.1, -0.05) is 0 Å². The first-order chi connectivity index (χ1) is 9.57. The highest BCUT2D eigenvalue weighted by molar-refractivity contribution is 7.83. The Balaban J connectivity index is 3.16. The van der Waals surface area contributed by atoms with Crippen molar-refractivity contribution in [2.24, 2.45) is 0 Å². The predicted octanol–water partition coefficient (Wildman–Crippen LogP) is 5.09. The van der Waals surface area contributed by atoms with Gasteiger partial charge in [0.2, 0.25) is 0 Å². The van der Waals surface area contributed by atoms with Gasteiger partial charge in [-0.25, -0.2) is 0 Å². The first-order valence-electron chi connectivity index (χ1n) is 8.41. The zero-order valence-corrected chi connectivity index (χ0v) is 16.2. The Morgan fingerprint density at radius 1 is 0.500 bits per heavy atom. The number of hydrogen-bond acceptors (Lipinski definition) is 0. The van der Waals surface area contributed by atoms with Gasteiger partial charge >= 0.3 is 0 Å². The fraction of sp³-hybridized carbons (Fsp3) is 0.667.